The molecule has 0 amide bonds. The summed E-state index contributed by atoms with van der Waals surface area (Å²) in [7, 11) is 0. The summed E-state index contributed by atoms with van der Waals surface area (Å²) in [4.78, 5) is 19.4. The van der Waals surface area contributed by atoms with E-state index in [2.05, 4.69) is 23.6 Å². The molecule has 1 N–H and O–H groups in total. The van der Waals surface area contributed by atoms with E-state index in [1.54, 1.807) is 29.0 Å². The number of nitrogens with zero attached hydrogens (tertiary/aromatic N) is 2. The summed E-state index contributed by atoms with van der Waals surface area (Å²) in [5, 5.41) is 12.1. The van der Waals surface area contributed by atoms with Crippen LogP contribution in [-0.2, 0) is 19.4 Å². The maximum atomic E-state index is 13.9. The number of benzene rings is 2. The summed E-state index contributed by atoms with van der Waals surface area (Å²) in [5.41, 5.74) is 8.88. The molecule has 0 saturated heterocycles. The van der Waals surface area contributed by atoms with E-state index in [4.69, 9.17) is 9.40 Å². The Balaban J connectivity index is 1.55. The summed E-state index contributed by atoms with van der Waals surface area (Å²) in [6, 6.07) is 17.5. The van der Waals surface area contributed by atoms with E-state index in [-0.39, 0.29) is 17.9 Å². The van der Waals surface area contributed by atoms with Gasteiger partial charge in [0.2, 0.25) is 0 Å². The second kappa shape index (κ2) is 8.79. The van der Waals surface area contributed by atoms with Gasteiger partial charge in [0.05, 0.1) is 22.9 Å². The molecule has 0 fully saturated rings. The lowest BCUT2D eigenvalue weighted by molar-refractivity contribution is 0.482. The van der Waals surface area contributed by atoms with Crippen LogP contribution in [0.3, 0.4) is 0 Å². The van der Waals surface area contributed by atoms with Gasteiger partial charge in [0.15, 0.2) is 0 Å². The van der Waals surface area contributed by atoms with Gasteiger partial charge in [-0.1, -0.05) is 47.9 Å². The Labute approximate surface area is 204 Å². The van der Waals surface area contributed by atoms with Crippen LogP contribution in [0.15, 0.2) is 105 Å². The van der Waals surface area contributed by atoms with Crippen molar-refractivity contribution in [2.24, 2.45) is 0 Å². The average Bonchev–Trinajstić information content (AvgIpc) is 3.51. The molecule has 5 aromatic rings. The van der Waals surface area contributed by atoms with Crippen LogP contribution in [0.4, 0.5) is 0 Å². The molecule has 3 heterocycles. The largest absolute Gasteiger partial charge is 0.506 e. The smallest absolute Gasteiger partial charge is 0.263 e. The number of furan rings is 1. The minimum Gasteiger partial charge on any atom is -0.506 e. The molecule has 1 aliphatic rings. The second-order valence-electron chi connectivity index (χ2n) is 8.43. The van der Waals surface area contributed by atoms with Crippen molar-refractivity contribution in [1.82, 2.24) is 9.55 Å². The first-order valence-electron chi connectivity index (χ1n) is 11.3. The number of phenols is 1. The summed E-state index contributed by atoms with van der Waals surface area (Å²) < 4.78 is 7.88. The zero-order valence-electron chi connectivity index (χ0n) is 18.7. The number of allylic oxidation sites excluding steroid dienone is 4. The molecule has 35 heavy (non-hydrogen) atoms. The lowest BCUT2D eigenvalue weighted by Crippen LogP contribution is -2.25. The topological polar surface area (TPSA) is 68.3 Å². The average molecular weight is 477 g/mol. The fraction of sp³-hybridized carbons (Fsp3) is 0.103. The summed E-state index contributed by atoms with van der Waals surface area (Å²) in [5.74, 6) is 1.46. The third-order valence-electron chi connectivity index (χ3n) is 6.02. The van der Waals surface area contributed by atoms with E-state index >= 15 is 0 Å². The number of hydrogen-bond acceptors (Lipinski definition) is 5. The van der Waals surface area contributed by atoms with Crippen molar-refractivity contribution in [2.75, 3.05) is 0 Å². The summed E-state index contributed by atoms with van der Waals surface area (Å²) in [6.07, 6.45) is 8.32. The molecule has 0 bridgehead atoms. The van der Waals surface area contributed by atoms with E-state index in [9.17, 15) is 9.90 Å². The Morgan fingerprint density at radius 1 is 1.06 bits per heavy atom. The van der Waals surface area contributed by atoms with Crippen LogP contribution in [0.1, 0.15) is 22.7 Å². The fourth-order valence-electron chi connectivity index (χ4n) is 4.39. The SMILES string of the molecule is O=c1c2c(nc(CC3=C=C=CC=C3)n1Cc1ccco1)sc1c(O)cc(Cc3ccccc3)cc12. The quantitative estimate of drug-likeness (QED) is 0.310. The lowest BCUT2D eigenvalue weighted by atomic mass is 10.0. The Kier molecular flexibility index (Phi) is 5.32. The molecular formula is C29H20N2O3S. The van der Waals surface area contributed by atoms with Crippen molar-refractivity contribution in [1.29, 1.82) is 0 Å². The molecule has 0 unspecified atom stereocenters. The molecule has 1 aliphatic carbocycles. The maximum absolute atomic E-state index is 13.9. The number of aromatic hydroxyl groups is 1. The van der Waals surface area contributed by atoms with Crippen LogP contribution in [-0.4, -0.2) is 14.7 Å². The number of hydrogen-bond donors (Lipinski definition) is 1. The van der Waals surface area contributed by atoms with E-state index < -0.39 is 0 Å². The van der Waals surface area contributed by atoms with Crippen LogP contribution in [0.2, 0.25) is 0 Å². The molecular weight excluding hydrogens is 456 g/mol. The van der Waals surface area contributed by atoms with Gasteiger partial charge in [0.25, 0.3) is 5.56 Å². The minimum atomic E-state index is -0.149. The van der Waals surface area contributed by atoms with Gasteiger partial charge in [0.1, 0.15) is 22.2 Å². The van der Waals surface area contributed by atoms with Gasteiger partial charge in [-0.05, 0) is 54.0 Å². The number of fused-ring (bicyclic) bond motifs is 3. The normalized spacial score (nSPS) is 12.6. The van der Waals surface area contributed by atoms with E-state index in [0.29, 0.717) is 39.3 Å². The fourth-order valence-corrected chi connectivity index (χ4v) is 5.47. The molecule has 0 radical (unpaired) electrons. The van der Waals surface area contributed by atoms with Gasteiger partial charge in [-0.15, -0.1) is 11.3 Å². The van der Waals surface area contributed by atoms with E-state index in [0.717, 1.165) is 22.1 Å². The number of rotatable bonds is 6. The predicted molar refractivity (Wildman–Crippen MR) is 138 cm³/mol. The van der Waals surface area contributed by atoms with Crippen molar-refractivity contribution in [2.45, 2.75) is 19.4 Å². The molecule has 6 rings (SSSR count). The highest BCUT2D eigenvalue weighted by molar-refractivity contribution is 7.25. The van der Waals surface area contributed by atoms with Gasteiger partial charge in [-0.2, -0.15) is 0 Å². The Hall–Kier alpha value is -4.34. The van der Waals surface area contributed by atoms with Crippen LogP contribution in [0.25, 0.3) is 20.3 Å². The molecule has 5 nitrogen and oxygen atoms in total. The molecule has 6 heteroatoms. The Bertz CT molecular complexity index is 1760. The third-order valence-corrected chi connectivity index (χ3v) is 7.14. The summed E-state index contributed by atoms with van der Waals surface area (Å²) in [6.45, 7) is 0.272. The first-order valence-corrected chi connectivity index (χ1v) is 12.1. The number of aromatic nitrogens is 2. The van der Waals surface area contributed by atoms with Crippen LogP contribution in [0.5, 0.6) is 5.75 Å². The van der Waals surface area contributed by atoms with Gasteiger partial charge in [-0.3, -0.25) is 9.36 Å². The first-order chi connectivity index (χ1) is 17.2. The van der Waals surface area contributed by atoms with Crippen molar-refractivity contribution < 1.29 is 9.52 Å². The van der Waals surface area contributed by atoms with Crippen molar-refractivity contribution in [3.8, 4) is 5.75 Å². The molecule has 0 aliphatic heterocycles. The molecule has 0 saturated carbocycles. The third kappa shape index (κ3) is 4.07. The van der Waals surface area contributed by atoms with Crippen molar-refractivity contribution in [3.63, 3.8) is 0 Å². The maximum Gasteiger partial charge on any atom is 0.263 e. The Morgan fingerprint density at radius 3 is 2.71 bits per heavy atom. The minimum absolute atomic E-state index is 0.149. The highest BCUT2D eigenvalue weighted by Crippen LogP contribution is 2.38. The van der Waals surface area contributed by atoms with Crippen LogP contribution < -0.4 is 5.56 Å². The number of phenolic OH excluding ortho intramolecular Hbond substituents is 1. The second-order valence-corrected chi connectivity index (χ2v) is 9.43. The van der Waals surface area contributed by atoms with E-state index in [1.807, 2.05) is 42.5 Å². The molecule has 0 atom stereocenters. The van der Waals surface area contributed by atoms with Gasteiger partial charge in [0, 0.05) is 17.4 Å². The lowest BCUT2D eigenvalue weighted by Gasteiger charge is -2.11. The monoisotopic (exact) mass is 476 g/mol. The Morgan fingerprint density at radius 2 is 1.94 bits per heavy atom. The number of thiophene rings is 1. The molecule has 2 aromatic carbocycles. The molecule has 3 aromatic heterocycles. The van der Waals surface area contributed by atoms with Gasteiger partial charge in [-0.25, -0.2) is 4.98 Å². The molecule has 170 valence electrons. The predicted octanol–water partition coefficient (Wildman–Crippen LogP) is 5.90. The highest BCUT2D eigenvalue weighted by Gasteiger charge is 2.20. The van der Waals surface area contributed by atoms with Crippen molar-refractivity contribution in [3.05, 3.63) is 129 Å². The van der Waals surface area contributed by atoms with Gasteiger partial charge >= 0.3 is 0 Å². The standard InChI is InChI=1S/C29H20N2O3S/c32-24-16-21(14-19-8-3-1-4-9-19)15-23-26-28(35-27(23)24)30-25(17-20-10-5-2-6-11-20)31(29(26)33)18-22-12-7-13-34-22/h1-5,7-10,12-13,15-16,32H,14,17-18H2. The van der Waals surface area contributed by atoms with E-state index in [1.165, 1.54) is 11.3 Å². The van der Waals surface area contributed by atoms with Crippen LogP contribution in [0, 0.1) is 0 Å². The highest BCUT2D eigenvalue weighted by atomic mass is 32.1. The van der Waals surface area contributed by atoms with Crippen LogP contribution >= 0.6 is 11.3 Å². The van der Waals surface area contributed by atoms with Gasteiger partial charge < -0.3 is 9.52 Å². The zero-order chi connectivity index (χ0) is 23.8. The molecule has 0 spiro atoms. The first kappa shape index (κ1) is 21.2. The van der Waals surface area contributed by atoms with Crippen molar-refractivity contribution >= 4 is 31.6 Å². The summed E-state index contributed by atoms with van der Waals surface area (Å²) >= 11 is 1.34. The zero-order valence-corrected chi connectivity index (χ0v) is 19.5.